The number of imidazole rings is 1. The van der Waals surface area contributed by atoms with Crippen molar-refractivity contribution in [3.63, 3.8) is 0 Å². The molecule has 0 spiro atoms. The van der Waals surface area contributed by atoms with Gasteiger partial charge in [0.05, 0.1) is 11.0 Å². The van der Waals surface area contributed by atoms with Crippen molar-refractivity contribution >= 4 is 17.1 Å². The maximum atomic E-state index is 13.0. The Bertz CT molecular complexity index is 1140. The van der Waals surface area contributed by atoms with Crippen molar-refractivity contribution in [1.29, 1.82) is 0 Å². The number of para-hydroxylation sites is 2. The third kappa shape index (κ3) is 4.98. The Hall–Kier alpha value is -3.23. The van der Waals surface area contributed by atoms with E-state index in [1.165, 1.54) is 10.6 Å². The van der Waals surface area contributed by atoms with E-state index in [1.807, 2.05) is 30.3 Å². The molecule has 1 aromatic heterocycles. The molecule has 0 radical (unpaired) electrons. The molecular weight excluding hydrogens is 423 g/mol. The topological polar surface area (TPSA) is 56.5 Å². The van der Waals surface area contributed by atoms with Gasteiger partial charge in [-0.15, -0.1) is 0 Å². The standard InChI is InChI=1S/C23H24F3N3O3/c24-23(25,26)16-29-20-11-5-4-10-19(20)28(21(29)30)14-18-9-6-12-27(13-18)22(31)32-15-17-7-2-1-3-8-17/h1-5,7-8,10-11,18H,6,9,12-16H2. The predicted octanol–water partition coefficient (Wildman–Crippen LogP) is 4.41. The highest BCUT2D eigenvalue weighted by atomic mass is 19.4. The van der Waals surface area contributed by atoms with Gasteiger partial charge in [0.2, 0.25) is 0 Å². The molecule has 1 fully saturated rings. The zero-order chi connectivity index (χ0) is 22.7. The van der Waals surface area contributed by atoms with Gasteiger partial charge in [-0.2, -0.15) is 13.2 Å². The summed E-state index contributed by atoms with van der Waals surface area (Å²) in [5, 5.41) is 0. The number of hydrogen-bond acceptors (Lipinski definition) is 3. The van der Waals surface area contributed by atoms with Crippen LogP contribution in [0.5, 0.6) is 0 Å². The van der Waals surface area contributed by atoms with Crippen LogP contribution in [-0.4, -0.2) is 39.4 Å². The molecule has 1 aliphatic heterocycles. The van der Waals surface area contributed by atoms with Gasteiger partial charge >= 0.3 is 18.0 Å². The van der Waals surface area contributed by atoms with Gasteiger partial charge in [-0.1, -0.05) is 42.5 Å². The van der Waals surface area contributed by atoms with Crippen LogP contribution in [0.3, 0.4) is 0 Å². The van der Waals surface area contributed by atoms with Crippen LogP contribution < -0.4 is 5.69 Å². The van der Waals surface area contributed by atoms with Crippen molar-refractivity contribution < 1.29 is 22.7 Å². The van der Waals surface area contributed by atoms with Crippen molar-refractivity contribution in [2.75, 3.05) is 13.1 Å². The van der Waals surface area contributed by atoms with Crippen LogP contribution in [0.2, 0.25) is 0 Å². The Morgan fingerprint density at radius 2 is 1.66 bits per heavy atom. The number of likely N-dealkylation sites (tertiary alicyclic amines) is 1. The summed E-state index contributed by atoms with van der Waals surface area (Å²) < 4.78 is 46.6. The molecule has 32 heavy (non-hydrogen) atoms. The molecule has 6 nitrogen and oxygen atoms in total. The fourth-order valence-corrected chi connectivity index (χ4v) is 4.23. The minimum atomic E-state index is -4.50. The van der Waals surface area contributed by atoms with Gasteiger partial charge in [-0.05, 0) is 36.5 Å². The minimum Gasteiger partial charge on any atom is -0.445 e. The lowest BCUT2D eigenvalue weighted by molar-refractivity contribution is -0.140. The molecule has 1 saturated heterocycles. The number of alkyl halides is 3. The molecule has 170 valence electrons. The van der Waals surface area contributed by atoms with Crippen molar-refractivity contribution in [2.45, 2.75) is 38.7 Å². The molecule has 1 amide bonds. The lowest BCUT2D eigenvalue weighted by Gasteiger charge is -2.32. The van der Waals surface area contributed by atoms with E-state index in [9.17, 15) is 22.8 Å². The van der Waals surface area contributed by atoms with Crippen LogP contribution in [0.1, 0.15) is 18.4 Å². The highest BCUT2D eigenvalue weighted by Gasteiger charge is 2.31. The summed E-state index contributed by atoms with van der Waals surface area (Å²) in [6, 6.07) is 15.8. The SMILES string of the molecule is O=C(OCc1ccccc1)N1CCCC(Cn2c(=O)n(CC(F)(F)F)c3ccccc32)C1. The second kappa shape index (κ2) is 9.10. The highest BCUT2D eigenvalue weighted by Crippen LogP contribution is 2.24. The maximum absolute atomic E-state index is 13.0. The molecule has 1 unspecified atom stereocenters. The van der Waals surface area contributed by atoms with Crippen LogP contribution in [0.15, 0.2) is 59.4 Å². The first-order valence-electron chi connectivity index (χ1n) is 10.5. The Kier molecular flexibility index (Phi) is 6.25. The normalized spacial score (nSPS) is 17.0. The average Bonchev–Trinajstić information content (AvgIpc) is 3.03. The number of ether oxygens (including phenoxy) is 1. The summed E-state index contributed by atoms with van der Waals surface area (Å²) in [6.45, 7) is 0.0214. The summed E-state index contributed by atoms with van der Waals surface area (Å²) in [5.74, 6) is -0.0594. The third-order valence-corrected chi connectivity index (χ3v) is 5.69. The van der Waals surface area contributed by atoms with Crippen molar-refractivity contribution in [3.8, 4) is 0 Å². The zero-order valence-corrected chi connectivity index (χ0v) is 17.4. The van der Waals surface area contributed by atoms with Gasteiger partial charge in [0.1, 0.15) is 13.2 Å². The number of fused-ring (bicyclic) bond motifs is 1. The first kappa shape index (κ1) is 22.0. The van der Waals surface area contributed by atoms with Crippen LogP contribution in [0.4, 0.5) is 18.0 Å². The highest BCUT2D eigenvalue weighted by molar-refractivity contribution is 5.76. The molecule has 1 aliphatic rings. The van der Waals surface area contributed by atoms with Gasteiger partial charge in [0, 0.05) is 19.6 Å². The molecule has 1 atom stereocenters. The van der Waals surface area contributed by atoms with E-state index in [2.05, 4.69) is 0 Å². The molecule has 2 aromatic carbocycles. The molecule has 2 heterocycles. The molecule has 0 saturated carbocycles. The Balaban J connectivity index is 1.48. The smallest absolute Gasteiger partial charge is 0.410 e. The van der Waals surface area contributed by atoms with Crippen LogP contribution >= 0.6 is 0 Å². The van der Waals surface area contributed by atoms with Crippen molar-refractivity contribution in [3.05, 3.63) is 70.6 Å². The summed E-state index contributed by atoms with van der Waals surface area (Å²) in [6.07, 6.45) is -3.41. The van der Waals surface area contributed by atoms with E-state index in [-0.39, 0.29) is 24.6 Å². The van der Waals surface area contributed by atoms with Gasteiger partial charge < -0.3 is 9.64 Å². The van der Waals surface area contributed by atoms with Gasteiger partial charge in [0.15, 0.2) is 0 Å². The number of halogens is 3. The summed E-state index contributed by atoms with van der Waals surface area (Å²) in [4.78, 5) is 27.0. The predicted molar refractivity (Wildman–Crippen MR) is 113 cm³/mol. The van der Waals surface area contributed by atoms with E-state index < -0.39 is 24.5 Å². The number of rotatable bonds is 5. The number of aromatic nitrogens is 2. The molecular formula is C23H24F3N3O3. The van der Waals surface area contributed by atoms with Gasteiger partial charge in [-0.3, -0.25) is 9.13 Å². The minimum absolute atomic E-state index is 0.0594. The number of carbonyl (C=O) groups excluding carboxylic acids is 1. The summed E-state index contributed by atoms with van der Waals surface area (Å²) >= 11 is 0. The van der Waals surface area contributed by atoms with E-state index >= 15 is 0 Å². The van der Waals surface area contributed by atoms with E-state index in [4.69, 9.17) is 4.74 Å². The fourth-order valence-electron chi connectivity index (χ4n) is 4.23. The maximum Gasteiger partial charge on any atom is 0.410 e. The Morgan fingerprint density at radius 3 is 2.34 bits per heavy atom. The first-order chi connectivity index (χ1) is 15.3. The van der Waals surface area contributed by atoms with Crippen LogP contribution in [0.25, 0.3) is 11.0 Å². The number of amides is 1. The van der Waals surface area contributed by atoms with Gasteiger partial charge in [0.25, 0.3) is 0 Å². The largest absolute Gasteiger partial charge is 0.445 e. The van der Waals surface area contributed by atoms with E-state index in [0.717, 1.165) is 23.0 Å². The molecule has 9 heteroatoms. The lowest BCUT2D eigenvalue weighted by Crippen LogP contribution is -2.42. The number of piperidine rings is 1. The fraction of sp³-hybridized carbons (Fsp3) is 0.391. The second-order valence-electron chi connectivity index (χ2n) is 8.08. The monoisotopic (exact) mass is 447 g/mol. The van der Waals surface area contributed by atoms with Crippen LogP contribution in [-0.2, 0) is 24.4 Å². The zero-order valence-electron chi connectivity index (χ0n) is 17.4. The third-order valence-electron chi connectivity index (χ3n) is 5.69. The van der Waals surface area contributed by atoms with Crippen LogP contribution in [0, 0.1) is 5.92 Å². The second-order valence-corrected chi connectivity index (χ2v) is 8.08. The number of nitrogens with zero attached hydrogens (tertiary/aromatic N) is 3. The molecule has 4 rings (SSSR count). The number of benzene rings is 2. The van der Waals surface area contributed by atoms with E-state index in [0.29, 0.717) is 18.6 Å². The molecule has 0 bridgehead atoms. The van der Waals surface area contributed by atoms with Crippen molar-refractivity contribution in [1.82, 2.24) is 14.0 Å². The molecule has 3 aromatic rings. The quantitative estimate of drug-likeness (QED) is 0.582. The summed E-state index contributed by atoms with van der Waals surface area (Å²) in [5.41, 5.74) is 0.918. The van der Waals surface area contributed by atoms with E-state index in [1.54, 1.807) is 23.1 Å². The molecule has 0 aliphatic carbocycles. The summed E-state index contributed by atoms with van der Waals surface area (Å²) in [7, 11) is 0. The van der Waals surface area contributed by atoms with Gasteiger partial charge in [-0.25, -0.2) is 9.59 Å². The van der Waals surface area contributed by atoms with Crippen molar-refractivity contribution in [2.24, 2.45) is 5.92 Å². The Labute approximate surface area is 182 Å². The molecule has 0 N–H and O–H groups in total. The lowest BCUT2D eigenvalue weighted by atomic mass is 9.98. The number of carbonyl (C=O) groups is 1. The first-order valence-corrected chi connectivity index (χ1v) is 10.5. The average molecular weight is 447 g/mol. The number of hydrogen-bond donors (Lipinski definition) is 0. The Morgan fingerprint density at radius 1 is 1.00 bits per heavy atom.